The fraction of sp³-hybridized carbons (Fsp3) is 0.158. The maximum absolute atomic E-state index is 14.3. The fourth-order valence-corrected chi connectivity index (χ4v) is 2.82. The molecule has 0 aliphatic carbocycles. The van der Waals surface area contributed by atoms with Crippen LogP contribution in [0.1, 0.15) is 11.1 Å². The average molecular weight is 460 g/mol. The Morgan fingerprint density at radius 3 is 2.28 bits per heavy atom. The second-order valence-corrected chi connectivity index (χ2v) is 6.44. The van der Waals surface area contributed by atoms with Gasteiger partial charge in [0.1, 0.15) is 11.4 Å². The van der Waals surface area contributed by atoms with Gasteiger partial charge in [0.25, 0.3) is 0 Å². The number of hydrogen-bond donors (Lipinski definition) is 2. The van der Waals surface area contributed by atoms with Crippen LogP contribution in [-0.4, -0.2) is 16.8 Å². The van der Waals surface area contributed by atoms with E-state index in [1.54, 1.807) is 6.07 Å². The number of fused-ring (bicyclic) bond motifs is 1. The number of rotatable bonds is 4. The van der Waals surface area contributed by atoms with E-state index in [0.29, 0.717) is 29.4 Å². The summed E-state index contributed by atoms with van der Waals surface area (Å²) in [5.74, 6) is -2.18. The number of benzene rings is 2. The normalized spacial score (nSPS) is 13.2. The minimum atomic E-state index is -5.04. The first-order valence-electron chi connectivity index (χ1n) is 8.76. The van der Waals surface area contributed by atoms with E-state index in [1.165, 1.54) is 12.1 Å². The summed E-state index contributed by atoms with van der Waals surface area (Å²) in [6.07, 6.45) is -9.57. The van der Waals surface area contributed by atoms with Gasteiger partial charge in [-0.1, -0.05) is 6.07 Å². The van der Waals surface area contributed by atoms with Crippen molar-refractivity contribution in [1.82, 2.24) is 9.97 Å². The van der Waals surface area contributed by atoms with Crippen LogP contribution in [0.2, 0.25) is 0 Å². The number of alkyl halides is 6. The van der Waals surface area contributed by atoms with Gasteiger partial charge in [-0.2, -0.15) is 31.3 Å². The molecule has 0 atom stereocenters. The van der Waals surface area contributed by atoms with Gasteiger partial charge in [-0.05, 0) is 24.3 Å². The molecule has 2 N–H and O–H groups in total. The summed E-state index contributed by atoms with van der Waals surface area (Å²) in [7, 11) is 0. The molecule has 1 aliphatic rings. The quantitative estimate of drug-likeness (QED) is 0.475. The minimum absolute atomic E-state index is 0.00614. The molecule has 0 bridgehead atoms. The summed E-state index contributed by atoms with van der Waals surface area (Å²) in [6, 6.07) is 6.74. The second kappa shape index (κ2) is 7.73. The SMILES string of the molecule is Fc1c(Nc2nc(Nc3ccc4c(c3)OCO4)ncc2C(F)(F)F)cccc1C(F)(F)F. The van der Waals surface area contributed by atoms with Crippen molar-refractivity contribution < 1.29 is 40.2 Å². The van der Waals surface area contributed by atoms with Gasteiger partial charge in [-0.3, -0.25) is 0 Å². The van der Waals surface area contributed by atoms with E-state index in [1.807, 2.05) is 5.32 Å². The lowest BCUT2D eigenvalue weighted by molar-refractivity contribution is -0.140. The van der Waals surface area contributed by atoms with Crippen molar-refractivity contribution in [2.24, 2.45) is 0 Å². The van der Waals surface area contributed by atoms with Gasteiger partial charge in [-0.15, -0.1) is 0 Å². The summed E-state index contributed by atoms with van der Waals surface area (Å²) < 4.78 is 104. The number of halogens is 7. The van der Waals surface area contributed by atoms with E-state index < -0.39 is 40.8 Å². The smallest absolute Gasteiger partial charge is 0.421 e. The van der Waals surface area contributed by atoms with Crippen molar-refractivity contribution >= 4 is 23.1 Å². The molecule has 0 amide bonds. The third kappa shape index (κ3) is 4.31. The fourth-order valence-electron chi connectivity index (χ4n) is 2.82. The molecule has 1 aromatic heterocycles. The van der Waals surface area contributed by atoms with E-state index in [0.717, 1.165) is 12.1 Å². The Labute approximate surface area is 175 Å². The lowest BCUT2D eigenvalue weighted by Gasteiger charge is -2.16. The highest BCUT2D eigenvalue weighted by molar-refractivity contribution is 5.65. The van der Waals surface area contributed by atoms with Crippen LogP contribution < -0.4 is 20.1 Å². The van der Waals surface area contributed by atoms with Crippen molar-refractivity contribution in [1.29, 1.82) is 0 Å². The van der Waals surface area contributed by atoms with Gasteiger partial charge in [0.05, 0.1) is 11.3 Å². The summed E-state index contributed by atoms with van der Waals surface area (Å²) in [6.45, 7) is 0.00614. The highest BCUT2D eigenvalue weighted by Gasteiger charge is 2.37. The van der Waals surface area contributed by atoms with E-state index in [4.69, 9.17) is 9.47 Å². The Bertz CT molecular complexity index is 1170. The molecule has 0 radical (unpaired) electrons. The molecule has 2 aromatic carbocycles. The van der Waals surface area contributed by atoms with Gasteiger partial charge in [-0.25, -0.2) is 9.37 Å². The number of anilines is 4. The highest BCUT2D eigenvalue weighted by Crippen LogP contribution is 2.39. The maximum atomic E-state index is 14.3. The number of nitrogens with one attached hydrogen (secondary N) is 2. The summed E-state index contributed by atoms with van der Waals surface area (Å²) >= 11 is 0. The van der Waals surface area contributed by atoms with Crippen LogP contribution in [0.3, 0.4) is 0 Å². The van der Waals surface area contributed by atoms with Crippen molar-refractivity contribution in [2.75, 3.05) is 17.4 Å². The summed E-state index contributed by atoms with van der Waals surface area (Å²) in [5, 5.41) is 4.65. The molecule has 0 spiro atoms. The predicted molar refractivity (Wildman–Crippen MR) is 97.6 cm³/mol. The number of hydrogen-bond acceptors (Lipinski definition) is 6. The lowest BCUT2D eigenvalue weighted by atomic mass is 10.1. The number of ether oxygens (including phenoxy) is 2. The van der Waals surface area contributed by atoms with Crippen LogP contribution in [0.4, 0.5) is 53.9 Å². The maximum Gasteiger partial charge on any atom is 0.421 e. The predicted octanol–water partition coefficient (Wildman–Crippen LogP) is 5.87. The zero-order valence-corrected chi connectivity index (χ0v) is 15.6. The zero-order valence-electron chi connectivity index (χ0n) is 15.6. The Morgan fingerprint density at radius 1 is 0.844 bits per heavy atom. The van der Waals surface area contributed by atoms with E-state index in [-0.39, 0.29) is 12.7 Å². The van der Waals surface area contributed by atoms with E-state index in [2.05, 4.69) is 15.3 Å². The molecule has 1 aliphatic heterocycles. The average Bonchev–Trinajstić information content (AvgIpc) is 3.16. The van der Waals surface area contributed by atoms with Crippen LogP contribution in [0.25, 0.3) is 0 Å². The van der Waals surface area contributed by atoms with Gasteiger partial charge in [0.2, 0.25) is 12.7 Å². The zero-order chi connectivity index (χ0) is 23.1. The molecule has 0 unspecified atom stereocenters. The van der Waals surface area contributed by atoms with Gasteiger partial charge < -0.3 is 20.1 Å². The number of nitrogens with zero attached hydrogens (tertiary/aromatic N) is 2. The van der Waals surface area contributed by atoms with Crippen LogP contribution in [0.15, 0.2) is 42.6 Å². The Morgan fingerprint density at radius 2 is 1.56 bits per heavy atom. The van der Waals surface area contributed by atoms with Crippen LogP contribution >= 0.6 is 0 Å². The standard InChI is InChI=1S/C19H11F7N4O2/c20-15-10(18(21,22)23)2-1-3-12(15)29-16-11(19(24,25)26)7-27-17(30-16)28-9-4-5-13-14(6-9)32-8-31-13/h1-7H,8H2,(H2,27,28,29,30). The third-order valence-electron chi connectivity index (χ3n) is 4.28. The van der Waals surface area contributed by atoms with E-state index >= 15 is 0 Å². The molecule has 2 heterocycles. The second-order valence-electron chi connectivity index (χ2n) is 6.44. The first-order chi connectivity index (χ1) is 15.0. The molecule has 4 rings (SSSR count). The Kier molecular flexibility index (Phi) is 5.18. The molecule has 0 saturated carbocycles. The molecule has 6 nitrogen and oxygen atoms in total. The van der Waals surface area contributed by atoms with Crippen LogP contribution in [0.5, 0.6) is 11.5 Å². The molecular weight excluding hydrogens is 449 g/mol. The third-order valence-corrected chi connectivity index (χ3v) is 4.28. The van der Waals surface area contributed by atoms with Crippen molar-refractivity contribution in [3.05, 3.63) is 59.5 Å². The van der Waals surface area contributed by atoms with Crippen LogP contribution in [0, 0.1) is 5.82 Å². The van der Waals surface area contributed by atoms with Gasteiger partial charge in [0, 0.05) is 18.0 Å². The lowest BCUT2D eigenvalue weighted by Crippen LogP contribution is -2.14. The van der Waals surface area contributed by atoms with Crippen molar-refractivity contribution in [3.63, 3.8) is 0 Å². The summed E-state index contributed by atoms with van der Waals surface area (Å²) in [4.78, 5) is 7.27. The molecule has 3 aromatic rings. The molecule has 13 heteroatoms. The highest BCUT2D eigenvalue weighted by atomic mass is 19.4. The topological polar surface area (TPSA) is 68.3 Å². The molecule has 0 saturated heterocycles. The molecule has 32 heavy (non-hydrogen) atoms. The monoisotopic (exact) mass is 460 g/mol. The van der Waals surface area contributed by atoms with Crippen molar-refractivity contribution in [2.45, 2.75) is 12.4 Å². The molecular formula is C19H11F7N4O2. The molecule has 0 fully saturated rings. The van der Waals surface area contributed by atoms with E-state index in [9.17, 15) is 30.7 Å². The minimum Gasteiger partial charge on any atom is -0.454 e. The number of aromatic nitrogens is 2. The Balaban J connectivity index is 1.69. The van der Waals surface area contributed by atoms with Crippen molar-refractivity contribution in [3.8, 4) is 11.5 Å². The largest absolute Gasteiger partial charge is 0.454 e. The van der Waals surface area contributed by atoms with Gasteiger partial charge in [0.15, 0.2) is 17.3 Å². The van der Waals surface area contributed by atoms with Gasteiger partial charge >= 0.3 is 12.4 Å². The van der Waals surface area contributed by atoms with Crippen LogP contribution in [-0.2, 0) is 12.4 Å². The summed E-state index contributed by atoms with van der Waals surface area (Å²) in [5.41, 5.74) is -3.53. The first-order valence-corrected chi connectivity index (χ1v) is 8.76. The molecule has 168 valence electrons. The Hall–Kier alpha value is -3.77. The first kappa shape index (κ1) is 21.5.